The van der Waals surface area contributed by atoms with Gasteiger partial charge in [-0.3, -0.25) is 57.8 Å². The van der Waals surface area contributed by atoms with Crippen molar-refractivity contribution in [3.63, 3.8) is 0 Å². The SMILES string of the molecule is CC1NC(=O)CNC(=O)CONC(=O)C(C)NC(=O)C(C)NC(=O)C(CC(=O)O)NC(=O)CNC(=O)C(CCCN=C(N)N)NC(=O)C(C)NC1=O. The molecule has 0 saturated carbocycles. The van der Waals surface area contributed by atoms with Crippen LogP contribution >= 0.6 is 0 Å². The first-order chi connectivity index (χ1) is 24.3. The highest BCUT2D eigenvalue weighted by molar-refractivity contribution is 5.97. The van der Waals surface area contributed by atoms with E-state index >= 15 is 0 Å². The van der Waals surface area contributed by atoms with Crippen LogP contribution in [0.2, 0.25) is 0 Å². The van der Waals surface area contributed by atoms with Gasteiger partial charge in [0, 0.05) is 6.54 Å². The lowest BCUT2D eigenvalue weighted by molar-refractivity contribution is -0.143. The average Bonchev–Trinajstić information content (AvgIpc) is 3.05. The maximum absolute atomic E-state index is 13.1. The molecule has 0 radical (unpaired) electrons. The summed E-state index contributed by atoms with van der Waals surface area (Å²) in [7, 11) is 0. The molecule has 6 unspecified atom stereocenters. The van der Waals surface area contributed by atoms with Gasteiger partial charge in [-0.25, -0.2) is 5.48 Å². The van der Waals surface area contributed by atoms with Crippen LogP contribution in [0.3, 0.4) is 0 Å². The van der Waals surface area contributed by atoms with E-state index in [-0.39, 0.29) is 25.3 Å². The summed E-state index contributed by atoms with van der Waals surface area (Å²) in [6, 6.07) is -8.06. The molecular weight excluding hydrogens is 696 g/mol. The number of hydroxylamine groups is 1. The molecule has 1 aliphatic heterocycles. The van der Waals surface area contributed by atoms with Crippen LogP contribution in [0.5, 0.6) is 0 Å². The number of nitrogens with zero attached hydrogens (tertiary/aromatic N) is 1. The Morgan fingerprint density at radius 1 is 0.654 bits per heavy atom. The van der Waals surface area contributed by atoms with Crippen molar-refractivity contribution in [2.45, 2.75) is 83.2 Å². The van der Waals surface area contributed by atoms with E-state index in [0.29, 0.717) is 0 Å². The van der Waals surface area contributed by atoms with E-state index in [4.69, 9.17) is 16.3 Å². The molecule has 0 bridgehead atoms. The molecule has 1 rings (SSSR count). The molecule has 0 aromatic heterocycles. The Morgan fingerprint density at radius 2 is 1.15 bits per heavy atom. The summed E-state index contributed by atoms with van der Waals surface area (Å²) in [5.41, 5.74) is 12.6. The van der Waals surface area contributed by atoms with Gasteiger partial charge < -0.3 is 59.1 Å². The molecule has 290 valence electrons. The van der Waals surface area contributed by atoms with Crippen LogP contribution in [0.25, 0.3) is 0 Å². The molecule has 24 nitrogen and oxygen atoms in total. The van der Waals surface area contributed by atoms with E-state index in [1.807, 2.05) is 5.48 Å². The Bertz CT molecular complexity index is 1400. The Labute approximate surface area is 297 Å². The number of carbonyl (C=O) groups is 10. The van der Waals surface area contributed by atoms with Gasteiger partial charge in [0.1, 0.15) is 36.3 Å². The number of rotatable bonds is 6. The van der Waals surface area contributed by atoms with E-state index in [9.17, 15) is 53.1 Å². The minimum Gasteiger partial charge on any atom is -0.481 e. The van der Waals surface area contributed by atoms with Crippen molar-refractivity contribution < 1.29 is 57.9 Å². The summed E-state index contributed by atoms with van der Waals surface area (Å²) in [5, 5.41) is 27.5. The van der Waals surface area contributed by atoms with Crippen LogP contribution in [0.4, 0.5) is 0 Å². The second kappa shape index (κ2) is 21.9. The monoisotopic (exact) mass is 742 g/mol. The Kier molecular flexibility index (Phi) is 18.5. The molecule has 52 heavy (non-hydrogen) atoms. The smallest absolute Gasteiger partial charge is 0.305 e. The number of nitrogens with two attached hydrogens (primary N) is 2. The zero-order valence-electron chi connectivity index (χ0n) is 29.0. The van der Waals surface area contributed by atoms with Gasteiger partial charge in [0.05, 0.1) is 19.5 Å². The number of aliphatic imine (C=N–C) groups is 1. The summed E-state index contributed by atoms with van der Waals surface area (Å²) < 4.78 is 0. The maximum atomic E-state index is 13.1. The van der Waals surface area contributed by atoms with Gasteiger partial charge in [0.25, 0.3) is 5.91 Å². The second-order valence-corrected chi connectivity index (χ2v) is 11.5. The zero-order chi connectivity index (χ0) is 39.5. The van der Waals surface area contributed by atoms with E-state index in [1.54, 1.807) is 0 Å². The van der Waals surface area contributed by atoms with E-state index < -0.39 is 122 Å². The number of carboxylic acid groups (broad SMARTS) is 1. The number of carboxylic acids is 1. The van der Waals surface area contributed by atoms with Crippen LogP contribution < -0.4 is 59.5 Å². The van der Waals surface area contributed by atoms with Crippen molar-refractivity contribution in [3.05, 3.63) is 0 Å². The predicted octanol–water partition coefficient (Wildman–Crippen LogP) is -7.20. The maximum Gasteiger partial charge on any atom is 0.305 e. The van der Waals surface area contributed by atoms with Crippen LogP contribution in [-0.4, -0.2) is 133 Å². The van der Waals surface area contributed by atoms with E-state index in [0.717, 1.165) is 0 Å². The molecule has 14 N–H and O–H groups in total. The number of aliphatic carboxylic acids is 1. The second-order valence-electron chi connectivity index (χ2n) is 11.5. The van der Waals surface area contributed by atoms with Crippen molar-refractivity contribution in [3.8, 4) is 0 Å². The van der Waals surface area contributed by atoms with Crippen molar-refractivity contribution in [2.24, 2.45) is 16.5 Å². The summed E-state index contributed by atoms with van der Waals surface area (Å²) in [6.45, 7) is 2.98. The fourth-order valence-corrected chi connectivity index (χ4v) is 4.03. The van der Waals surface area contributed by atoms with Crippen LogP contribution in [-0.2, 0) is 52.8 Å². The molecule has 1 saturated heterocycles. The topological polar surface area (TPSA) is 373 Å². The largest absolute Gasteiger partial charge is 0.481 e. The molecule has 0 spiro atoms. The lowest BCUT2D eigenvalue weighted by atomic mass is 10.1. The number of hydrogen-bond donors (Lipinski definition) is 12. The molecule has 0 aromatic rings. The average molecular weight is 743 g/mol. The fraction of sp³-hybridized carbons (Fsp3) is 0.607. The third-order valence-corrected chi connectivity index (χ3v) is 6.88. The first kappa shape index (κ1) is 44.0. The Morgan fingerprint density at radius 3 is 1.73 bits per heavy atom. The number of guanidine groups is 1. The lowest BCUT2D eigenvalue weighted by Crippen LogP contribution is -2.57. The third-order valence-electron chi connectivity index (χ3n) is 6.88. The van der Waals surface area contributed by atoms with Crippen molar-refractivity contribution in [1.82, 2.24) is 48.0 Å². The van der Waals surface area contributed by atoms with Gasteiger partial charge in [-0.1, -0.05) is 0 Å². The Balaban J connectivity index is 3.23. The minimum absolute atomic E-state index is 0.0515. The molecule has 24 heteroatoms. The molecule has 0 aromatic carbocycles. The molecular formula is C28H46N12O12. The van der Waals surface area contributed by atoms with Crippen LogP contribution in [0.15, 0.2) is 4.99 Å². The van der Waals surface area contributed by atoms with Crippen molar-refractivity contribution in [2.75, 3.05) is 26.2 Å². The zero-order valence-corrected chi connectivity index (χ0v) is 29.0. The highest BCUT2D eigenvalue weighted by atomic mass is 16.7. The quantitative estimate of drug-likeness (QED) is 0.0684. The van der Waals surface area contributed by atoms with Crippen molar-refractivity contribution >= 4 is 65.1 Å². The summed E-state index contributed by atoms with van der Waals surface area (Å²) in [4.78, 5) is 133. The standard InChI is InChI=1S/C28H46N12O12/c1-12-22(46)35-14(3)24(48)39-16(6-5-7-31-28(29)30)26(50)33-10-19(42)38-17(8-21(44)45)27(51)37-13(2)23(47)36-15(4)25(49)40-52-11-20(43)32-9-18(41)34-12/h12-17H,5-11H2,1-4H3,(H,32,43)(H,33,50)(H,34,41)(H,35,46)(H,36,47)(H,37,51)(H,38,42)(H,39,48)(H,40,49)(H,44,45)(H4,29,30,31). The lowest BCUT2D eigenvalue weighted by Gasteiger charge is -2.23. The minimum atomic E-state index is -1.71. The van der Waals surface area contributed by atoms with Gasteiger partial charge in [-0.05, 0) is 40.5 Å². The molecule has 1 fully saturated rings. The molecule has 0 aliphatic carbocycles. The van der Waals surface area contributed by atoms with Gasteiger partial charge in [-0.15, -0.1) is 0 Å². The third kappa shape index (κ3) is 17.0. The number of carbonyl (C=O) groups excluding carboxylic acids is 9. The van der Waals surface area contributed by atoms with E-state index in [1.165, 1.54) is 27.7 Å². The number of amides is 9. The normalized spacial score (nSPS) is 25.8. The highest BCUT2D eigenvalue weighted by Gasteiger charge is 2.30. The van der Waals surface area contributed by atoms with Gasteiger partial charge in [0.15, 0.2) is 12.6 Å². The van der Waals surface area contributed by atoms with Crippen molar-refractivity contribution in [1.29, 1.82) is 0 Å². The van der Waals surface area contributed by atoms with Gasteiger partial charge >= 0.3 is 5.97 Å². The Hall–Kier alpha value is -6.07. The predicted molar refractivity (Wildman–Crippen MR) is 177 cm³/mol. The first-order valence-electron chi connectivity index (χ1n) is 15.8. The first-order valence-corrected chi connectivity index (χ1v) is 15.8. The fourth-order valence-electron chi connectivity index (χ4n) is 4.03. The van der Waals surface area contributed by atoms with Gasteiger partial charge in [0.2, 0.25) is 47.3 Å². The van der Waals surface area contributed by atoms with Gasteiger partial charge in [-0.2, -0.15) is 0 Å². The number of hydrogen-bond acceptors (Lipinski definition) is 12. The molecule has 1 aliphatic rings. The summed E-state index contributed by atoms with van der Waals surface area (Å²) >= 11 is 0. The van der Waals surface area contributed by atoms with Crippen LogP contribution in [0, 0.1) is 0 Å². The number of nitrogens with one attached hydrogen (secondary N) is 9. The van der Waals surface area contributed by atoms with E-state index in [2.05, 4.69) is 47.5 Å². The molecule has 6 atom stereocenters. The highest BCUT2D eigenvalue weighted by Crippen LogP contribution is 2.01. The summed E-state index contributed by atoms with van der Waals surface area (Å²) in [6.07, 6.45) is -0.798. The van der Waals surface area contributed by atoms with Crippen LogP contribution in [0.1, 0.15) is 47.0 Å². The molecule has 9 amide bonds. The molecule has 1 heterocycles. The summed E-state index contributed by atoms with van der Waals surface area (Å²) in [5.74, 6) is -9.79.